The summed E-state index contributed by atoms with van der Waals surface area (Å²) >= 11 is 0. The van der Waals surface area contributed by atoms with Gasteiger partial charge in [-0.25, -0.2) is 0 Å². The third-order valence-electron chi connectivity index (χ3n) is 18.4. The van der Waals surface area contributed by atoms with Crippen LogP contribution in [0.15, 0.2) is 36.5 Å². The van der Waals surface area contributed by atoms with E-state index in [9.17, 15) is 19.8 Å². The number of esters is 1. The third-order valence-corrected chi connectivity index (χ3v) is 18.4. The molecule has 0 fully saturated rings. The van der Waals surface area contributed by atoms with Gasteiger partial charge >= 0.3 is 5.97 Å². The van der Waals surface area contributed by atoms with Crippen LogP contribution in [-0.4, -0.2) is 47.4 Å². The smallest absolute Gasteiger partial charge is 0.305 e. The van der Waals surface area contributed by atoms with Gasteiger partial charge in [-0.3, -0.25) is 9.59 Å². The number of aliphatic hydroxyl groups excluding tert-OH is 2. The van der Waals surface area contributed by atoms with Crippen molar-refractivity contribution in [2.75, 3.05) is 13.2 Å². The zero-order valence-electron chi connectivity index (χ0n) is 58.3. The molecule has 0 radical (unpaired) electrons. The first-order chi connectivity index (χ1) is 42.5. The number of rotatable bonds is 74. The van der Waals surface area contributed by atoms with Gasteiger partial charge < -0.3 is 20.3 Å². The van der Waals surface area contributed by atoms with E-state index in [1.165, 1.54) is 360 Å². The minimum Gasteiger partial charge on any atom is -0.466 e. The molecule has 0 rings (SSSR count). The van der Waals surface area contributed by atoms with Crippen LogP contribution in [-0.2, 0) is 14.3 Å². The molecule has 0 bridgehead atoms. The van der Waals surface area contributed by atoms with Crippen molar-refractivity contribution < 1.29 is 24.5 Å². The van der Waals surface area contributed by atoms with Gasteiger partial charge in [0.25, 0.3) is 0 Å². The van der Waals surface area contributed by atoms with Gasteiger partial charge in [0.2, 0.25) is 5.91 Å². The summed E-state index contributed by atoms with van der Waals surface area (Å²) in [6.07, 6.45) is 98.3. The fourth-order valence-corrected chi connectivity index (χ4v) is 12.4. The fourth-order valence-electron chi connectivity index (χ4n) is 12.4. The van der Waals surface area contributed by atoms with Gasteiger partial charge in [0.05, 0.1) is 25.4 Å². The highest BCUT2D eigenvalue weighted by molar-refractivity contribution is 5.76. The molecule has 0 spiro atoms. The largest absolute Gasteiger partial charge is 0.466 e. The molecule has 0 aromatic carbocycles. The van der Waals surface area contributed by atoms with Gasteiger partial charge in [-0.1, -0.05) is 397 Å². The van der Waals surface area contributed by atoms with E-state index in [1.54, 1.807) is 6.08 Å². The number of ether oxygens (including phenoxy) is 1. The minimum atomic E-state index is -0.843. The monoisotopic (exact) mass is 1210 g/mol. The van der Waals surface area contributed by atoms with Gasteiger partial charge in [-0.05, 0) is 64.2 Å². The van der Waals surface area contributed by atoms with Gasteiger partial charge in [0, 0.05) is 12.8 Å². The number of carbonyl (C=O) groups is 2. The van der Waals surface area contributed by atoms with E-state index in [0.29, 0.717) is 19.4 Å². The molecule has 6 heteroatoms. The van der Waals surface area contributed by atoms with E-state index < -0.39 is 12.1 Å². The first-order valence-corrected chi connectivity index (χ1v) is 39.3. The molecule has 0 aromatic rings. The maximum Gasteiger partial charge on any atom is 0.305 e. The Morgan fingerprint density at radius 2 is 0.581 bits per heavy atom. The highest BCUT2D eigenvalue weighted by Gasteiger charge is 2.18. The SMILES string of the molecule is CCCCC/C=C\C/C=C\CCCCCCCC(=O)OCCCCCCCCCCCCCCCCCCCCCCCCCCCCCCCCCCC(=O)NC(CO)C(O)/C=C/CCCCCCCCCCCCCCCCCCCCCC. The summed E-state index contributed by atoms with van der Waals surface area (Å²) in [6, 6.07) is -0.626. The molecule has 86 heavy (non-hydrogen) atoms. The van der Waals surface area contributed by atoms with Crippen LogP contribution >= 0.6 is 0 Å². The Labute approximate surface area is 538 Å². The van der Waals surface area contributed by atoms with Crippen LogP contribution in [0.3, 0.4) is 0 Å². The van der Waals surface area contributed by atoms with Crippen LogP contribution in [0, 0.1) is 0 Å². The topological polar surface area (TPSA) is 95.9 Å². The highest BCUT2D eigenvalue weighted by Crippen LogP contribution is 2.20. The van der Waals surface area contributed by atoms with Crippen molar-refractivity contribution in [1.29, 1.82) is 0 Å². The first kappa shape index (κ1) is 84.1. The third kappa shape index (κ3) is 71.2. The van der Waals surface area contributed by atoms with Gasteiger partial charge in [0.15, 0.2) is 0 Å². The van der Waals surface area contributed by atoms with Crippen LogP contribution in [0.25, 0.3) is 0 Å². The van der Waals surface area contributed by atoms with Crippen molar-refractivity contribution in [3.8, 4) is 0 Å². The average Bonchev–Trinajstić information content (AvgIpc) is 3.54. The Balaban J connectivity index is 3.35. The minimum absolute atomic E-state index is 0.00753. The van der Waals surface area contributed by atoms with E-state index in [-0.39, 0.29) is 18.5 Å². The predicted octanol–water partition coefficient (Wildman–Crippen LogP) is 25.8. The van der Waals surface area contributed by atoms with Crippen molar-refractivity contribution in [2.24, 2.45) is 0 Å². The van der Waals surface area contributed by atoms with Crippen LogP contribution < -0.4 is 5.32 Å². The molecule has 508 valence electrons. The number of hydrogen-bond donors (Lipinski definition) is 3. The Hall–Kier alpha value is -1.92. The number of carbonyl (C=O) groups excluding carboxylic acids is 2. The lowest BCUT2D eigenvalue weighted by atomic mass is 10.0. The highest BCUT2D eigenvalue weighted by atomic mass is 16.5. The van der Waals surface area contributed by atoms with E-state index in [1.807, 2.05) is 6.08 Å². The Morgan fingerprint density at radius 1 is 0.326 bits per heavy atom. The lowest BCUT2D eigenvalue weighted by Gasteiger charge is -2.20. The second kappa shape index (κ2) is 75.5. The fraction of sp³-hybridized carbons (Fsp3) is 0.900. The molecule has 0 aliphatic rings. The van der Waals surface area contributed by atoms with Gasteiger partial charge in [-0.2, -0.15) is 0 Å². The molecular weight excluding hydrogens is 1050 g/mol. The maximum absolute atomic E-state index is 12.5. The number of aliphatic hydroxyl groups is 2. The molecule has 0 saturated heterocycles. The number of allylic oxidation sites excluding steroid dienone is 5. The summed E-state index contributed by atoms with van der Waals surface area (Å²) in [7, 11) is 0. The zero-order valence-corrected chi connectivity index (χ0v) is 58.3. The van der Waals surface area contributed by atoms with Crippen molar-refractivity contribution >= 4 is 11.9 Å². The molecular formula is C80H153NO5. The van der Waals surface area contributed by atoms with E-state index in [2.05, 4.69) is 43.5 Å². The van der Waals surface area contributed by atoms with E-state index in [4.69, 9.17) is 4.74 Å². The summed E-state index contributed by atoms with van der Waals surface area (Å²) in [5.74, 6) is -0.0513. The normalized spacial score (nSPS) is 12.7. The van der Waals surface area contributed by atoms with Crippen molar-refractivity contribution in [1.82, 2.24) is 5.32 Å². The van der Waals surface area contributed by atoms with Crippen LogP contribution in [0.2, 0.25) is 0 Å². The number of amides is 1. The van der Waals surface area contributed by atoms with Crippen molar-refractivity contribution in [3.05, 3.63) is 36.5 Å². The van der Waals surface area contributed by atoms with Crippen LogP contribution in [0.1, 0.15) is 438 Å². The van der Waals surface area contributed by atoms with Gasteiger partial charge in [-0.15, -0.1) is 0 Å². The summed E-state index contributed by atoms with van der Waals surface area (Å²) in [5, 5.41) is 23.3. The zero-order chi connectivity index (χ0) is 62.0. The quantitative estimate of drug-likeness (QED) is 0.0320. The molecule has 2 atom stereocenters. The predicted molar refractivity (Wildman–Crippen MR) is 379 cm³/mol. The lowest BCUT2D eigenvalue weighted by Crippen LogP contribution is -2.45. The Morgan fingerprint density at radius 3 is 0.907 bits per heavy atom. The lowest BCUT2D eigenvalue weighted by molar-refractivity contribution is -0.143. The Kier molecular flexibility index (Phi) is 73.9. The molecule has 0 aliphatic carbocycles. The number of unbranched alkanes of at least 4 members (excludes halogenated alkanes) is 59. The second-order valence-electron chi connectivity index (χ2n) is 27.0. The Bertz CT molecular complexity index is 1390. The van der Waals surface area contributed by atoms with Crippen molar-refractivity contribution in [2.45, 2.75) is 450 Å². The molecule has 0 heterocycles. The van der Waals surface area contributed by atoms with Crippen molar-refractivity contribution in [3.63, 3.8) is 0 Å². The number of nitrogens with one attached hydrogen (secondary N) is 1. The first-order valence-electron chi connectivity index (χ1n) is 39.3. The molecule has 6 nitrogen and oxygen atoms in total. The van der Waals surface area contributed by atoms with E-state index >= 15 is 0 Å². The van der Waals surface area contributed by atoms with E-state index in [0.717, 1.165) is 51.4 Å². The summed E-state index contributed by atoms with van der Waals surface area (Å²) in [6.45, 7) is 4.92. The molecule has 0 aliphatic heterocycles. The summed E-state index contributed by atoms with van der Waals surface area (Å²) in [4.78, 5) is 24.6. The average molecular weight is 1210 g/mol. The molecule has 0 aromatic heterocycles. The molecule has 2 unspecified atom stereocenters. The standard InChI is InChI=1S/C80H153NO5/c1-3-5-7-9-11-13-15-17-19-20-21-22-35-38-41-45-48-52-56-60-64-68-72-78(83)77(76-82)81-79(84)73-69-65-61-57-53-49-46-42-39-36-33-31-29-27-25-23-24-26-28-30-32-34-37-40-43-47-51-55-59-63-67-71-75-86-80(85)74-70-66-62-58-54-50-44-18-16-14-12-10-8-6-4-2/h12,14,18,44,68,72,77-78,82-83H,3-11,13,15-17,19-43,45-67,69-71,73-76H2,1-2H3,(H,81,84)/b14-12-,44-18-,72-68+. The van der Waals surface area contributed by atoms with Gasteiger partial charge in [0.1, 0.15) is 0 Å². The number of hydrogen-bond acceptors (Lipinski definition) is 5. The molecule has 1 amide bonds. The second-order valence-corrected chi connectivity index (χ2v) is 27.0. The molecule has 0 saturated carbocycles. The van der Waals surface area contributed by atoms with Crippen LogP contribution in [0.5, 0.6) is 0 Å². The summed E-state index contributed by atoms with van der Waals surface area (Å²) < 4.78 is 5.49. The maximum atomic E-state index is 12.5. The van der Waals surface area contributed by atoms with Crippen LogP contribution in [0.4, 0.5) is 0 Å². The molecule has 3 N–H and O–H groups in total. The summed E-state index contributed by atoms with van der Waals surface area (Å²) in [5.41, 5.74) is 0.